The highest BCUT2D eigenvalue weighted by molar-refractivity contribution is 7.92. The Morgan fingerprint density at radius 2 is 1.33 bits per heavy atom. The number of nitrogens with zero attached hydrogens (tertiary/aromatic N) is 1. The van der Waals surface area contributed by atoms with Gasteiger partial charge in [-0.25, -0.2) is 8.42 Å². The van der Waals surface area contributed by atoms with E-state index in [1.807, 2.05) is 80.6 Å². The fourth-order valence-electron chi connectivity index (χ4n) is 4.17. The maximum atomic E-state index is 13.7. The normalized spacial score (nSPS) is 12.1. The van der Waals surface area contributed by atoms with Crippen LogP contribution in [-0.4, -0.2) is 20.9 Å². The number of para-hydroxylation sites is 1. The summed E-state index contributed by atoms with van der Waals surface area (Å²) in [6.07, 6.45) is 0.634. The SMILES string of the molecule is CCc1ccccc1N(CC(=O)N[C@@H](c1ccccc1)c1ccc(C)cc1)S(=O)(=O)c1ccccc1. The number of sulfonamides is 1. The first kappa shape index (κ1) is 25.2. The van der Waals surface area contributed by atoms with Crippen molar-refractivity contribution >= 4 is 21.6 Å². The molecule has 0 bridgehead atoms. The average Bonchev–Trinajstić information content (AvgIpc) is 2.92. The van der Waals surface area contributed by atoms with E-state index in [9.17, 15) is 13.2 Å². The molecule has 0 heterocycles. The molecule has 36 heavy (non-hydrogen) atoms. The maximum Gasteiger partial charge on any atom is 0.264 e. The average molecular weight is 499 g/mol. The van der Waals surface area contributed by atoms with Gasteiger partial charge in [0.1, 0.15) is 6.54 Å². The monoisotopic (exact) mass is 498 g/mol. The second-order valence-corrected chi connectivity index (χ2v) is 10.5. The van der Waals surface area contributed by atoms with E-state index in [4.69, 9.17) is 0 Å². The Bertz CT molecular complexity index is 1400. The summed E-state index contributed by atoms with van der Waals surface area (Å²) in [6.45, 7) is 3.63. The Kier molecular flexibility index (Phi) is 7.86. The van der Waals surface area contributed by atoms with E-state index in [0.29, 0.717) is 12.1 Å². The second-order valence-electron chi connectivity index (χ2n) is 8.63. The Hall–Kier alpha value is -3.90. The van der Waals surface area contributed by atoms with Gasteiger partial charge in [-0.3, -0.25) is 9.10 Å². The minimum atomic E-state index is -3.98. The number of nitrogens with one attached hydrogen (secondary N) is 1. The molecule has 0 aliphatic rings. The lowest BCUT2D eigenvalue weighted by molar-refractivity contribution is -0.120. The van der Waals surface area contributed by atoms with Crippen LogP contribution in [0.5, 0.6) is 0 Å². The van der Waals surface area contributed by atoms with Crippen LogP contribution in [-0.2, 0) is 21.2 Å². The third-order valence-electron chi connectivity index (χ3n) is 6.11. The molecule has 1 atom stereocenters. The van der Waals surface area contributed by atoms with Gasteiger partial charge in [-0.15, -0.1) is 0 Å². The van der Waals surface area contributed by atoms with Crippen LogP contribution in [0.15, 0.2) is 114 Å². The second kappa shape index (κ2) is 11.2. The quantitative estimate of drug-likeness (QED) is 0.324. The lowest BCUT2D eigenvalue weighted by atomic mass is 9.98. The zero-order valence-electron chi connectivity index (χ0n) is 20.5. The fourth-order valence-corrected chi connectivity index (χ4v) is 5.65. The predicted octanol–water partition coefficient (Wildman–Crippen LogP) is 5.66. The lowest BCUT2D eigenvalue weighted by Gasteiger charge is -2.27. The van der Waals surface area contributed by atoms with Crippen molar-refractivity contribution < 1.29 is 13.2 Å². The Morgan fingerprint density at radius 3 is 1.97 bits per heavy atom. The molecular weight excluding hydrogens is 468 g/mol. The molecule has 0 saturated heterocycles. The molecule has 0 spiro atoms. The number of benzene rings is 4. The van der Waals surface area contributed by atoms with Gasteiger partial charge >= 0.3 is 0 Å². The van der Waals surface area contributed by atoms with E-state index in [1.54, 1.807) is 42.5 Å². The summed E-state index contributed by atoms with van der Waals surface area (Å²) in [5.41, 5.74) is 4.31. The van der Waals surface area contributed by atoms with Crippen molar-refractivity contribution in [2.24, 2.45) is 0 Å². The van der Waals surface area contributed by atoms with E-state index < -0.39 is 22.0 Å². The standard InChI is InChI=1S/C30H30N2O3S/c1-3-24-12-10-11-17-28(24)32(36(34,35)27-15-8-5-9-16-27)22-29(33)31-30(25-13-6-4-7-14-25)26-20-18-23(2)19-21-26/h4-21,30H,3,22H2,1-2H3,(H,31,33)/t30-/m0/s1. The van der Waals surface area contributed by atoms with Crippen LogP contribution in [0.2, 0.25) is 0 Å². The summed E-state index contributed by atoms with van der Waals surface area (Å²) in [4.78, 5) is 13.7. The molecule has 1 amide bonds. The Morgan fingerprint density at radius 1 is 0.778 bits per heavy atom. The zero-order valence-corrected chi connectivity index (χ0v) is 21.3. The summed E-state index contributed by atoms with van der Waals surface area (Å²) >= 11 is 0. The molecule has 6 heteroatoms. The molecule has 1 N–H and O–H groups in total. The van der Waals surface area contributed by atoms with Gasteiger partial charge in [0.2, 0.25) is 5.91 Å². The fraction of sp³-hybridized carbons (Fsp3) is 0.167. The van der Waals surface area contributed by atoms with Crippen molar-refractivity contribution in [3.8, 4) is 0 Å². The molecule has 0 unspecified atom stereocenters. The zero-order chi connectivity index (χ0) is 25.5. The van der Waals surface area contributed by atoms with Crippen molar-refractivity contribution in [2.75, 3.05) is 10.8 Å². The van der Waals surface area contributed by atoms with Gasteiger partial charge in [-0.05, 0) is 48.2 Å². The summed E-state index contributed by atoms with van der Waals surface area (Å²) in [6, 6.07) is 32.8. The van der Waals surface area contributed by atoms with Crippen LogP contribution < -0.4 is 9.62 Å². The number of amides is 1. The number of aryl methyl sites for hydroxylation is 2. The van der Waals surface area contributed by atoms with Crippen LogP contribution in [0.25, 0.3) is 0 Å². The number of hydrogen-bond donors (Lipinski definition) is 1. The molecule has 4 rings (SSSR count). The van der Waals surface area contributed by atoms with Crippen LogP contribution in [0.3, 0.4) is 0 Å². The van der Waals surface area contributed by atoms with Crippen molar-refractivity contribution in [2.45, 2.75) is 31.2 Å². The van der Waals surface area contributed by atoms with E-state index in [0.717, 1.165) is 22.3 Å². The van der Waals surface area contributed by atoms with Gasteiger partial charge < -0.3 is 5.32 Å². The van der Waals surface area contributed by atoms with Crippen LogP contribution >= 0.6 is 0 Å². The van der Waals surface area contributed by atoms with Crippen LogP contribution in [0.4, 0.5) is 5.69 Å². The first-order chi connectivity index (χ1) is 17.4. The highest BCUT2D eigenvalue weighted by Crippen LogP contribution is 2.28. The van der Waals surface area contributed by atoms with Gasteiger partial charge in [0.05, 0.1) is 16.6 Å². The summed E-state index contributed by atoms with van der Waals surface area (Å²) in [5, 5.41) is 3.09. The number of rotatable bonds is 9. The minimum absolute atomic E-state index is 0.141. The molecule has 184 valence electrons. The van der Waals surface area contributed by atoms with Crippen molar-refractivity contribution in [1.82, 2.24) is 5.32 Å². The van der Waals surface area contributed by atoms with E-state index >= 15 is 0 Å². The van der Waals surface area contributed by atoms with Crippen molar-refractivity contribution in [1.29, 1.82) is 0 Å². The largest absolute Gasteiger partial charge is 0.344 e. The van der Waals surface area contributed by atoms with E-state index in [-0.39, 0.29) is 11.4 Å². The molecule has 0 saturated carbocycles. The summed E-state index contributed by atoms with van der Waals surface area (Å²) in [5.74, 6) is -0.394. The molecule has 0 aliphatic heterocycles. The van der Waals surface area contributed by atoms with Gasteiger partial charge in [0.15, 0.2) is 0 Å². The number of carbonyl (C=O) groups is 1. The molecule has 0 aliphatic carbocycles. The molecule has 4 aromatic rings. The topological polar surface area (TPSA) is 66.5 Å². The predicted molar refractivity (Wildman–Crippen MR) is 144 cm³/mol. The van der Waals surface area contributed by atoms with Crippen LogP contribution in [0.1, 0.15) is 35.2 Å². The van der Waals surface area contributed by atoms with Gasteiger partial charge in [-0.1, -0.05) is 103 Å². The molecule has 0 aromatic heterocycles. The van der Waals surface area contributed by atoms with Crippen molar-refractivity contribution in [3.63, 3.8) is 0 Å². The highest BCUT2D eigenvalue weighted by Gasteiger charge is 2.29. The number of carbonyl (C=O) groups excluding carboxylic acids is 1. The minimum Gasteiger partial charge on any atom is -0.344 e. The van der Waals surface area contributed by atoms with E-state index in [1.165, 1.54) is 4.31 Å². The third-order valence-corrected chi connectivity index (χ3v) is 7.88. The molecule has 0 radical (unpaired) electrons. The van der Waals surface area contributed by atoms with Crippen LogP contribution in [0, 0.1) is 6.92 Å². The highest BCUT2D eigenvalue weighted by atomic mass is 32.2. The lowest BCUT2D eigenvalue weighted by Crippen LogP contribution is -2.42. The first-order valence-electron chi connectivity index (χ1n) is 12.0. The Balaban J connectivity index is 1.71. The summed E-state index contributed by atoms with van der Waals surface area (Å²) in [7, 11) is -3.98. The maximum absolute atomic E-state index is 13.7. The van der Waals surface area contributed by atoms with Gasteiger partial charge in [0, 0.05) is 0 Å². The molecule has 5 nitrogen and oxygen atoms in total. The molecule has 4 aromatic carbocycles. The van der Waals surface area contributed by atoms with E-state index in [2.05, 4.69) is 5.32 Å². The Labute approximate surface area is 213 Å². The first-order valence-corrected chi connectivity index (χ1v) is 13.4. The summed E-state index contributed by atoms with van der Waals surface area (Å²) < 4.78 is 28.7. The van der Waals surface area contributed by atoms with Crippen molar-refractivity contribution in [3.05, 3.63) is 131 Å². The number of hydrogen-bond acceptors (Lipinski definition) is 3. The van der Waals surface area contributed by atoms with Gasteiger partial charge in [-0.2, -0.15) is 0 Å². The number of anilines is 1. The molecular formula is C30H30N2O3S. The third kappa shape index (κ3) is 5.66. The smallest absolute Gasteiger partial charge is 0.264 e. The van der Waals surface area contributed by atoms with Gasteiger partial charge in [0.25, 0.3) is 10.0 Å². The molecule has 0 fully saturated rings.